The van der Waals surface area contributed by atoms with Crippen LogP contribution >= 0.6 is 0 Å². The van der Waals surface area contributed by atoms with E-state index in [2.05, 4.69) is 39.4 Å². The first-order valence-corrected chi connectivity index (χ1v) is 8.16. The van der Waals surface area contributed by atoms with Crippen LogP contribution in [0.5, 0.6) is 0 Å². The lowest BCUT2D eigenvalue weighted by atomic mass is 10.1. The van der Waals surface area contributed by atoms with Gasteiger partial charge in [0.2, 0.25) is 5.91 Å². The minimum Gasteiger partial charge on any atom is -0.353 e. The van der Waals surface area contributed by atoms with Gasteiger partial charge in [0, 0.05) is 34.9 Å². The van der Waals surface area contributed by atoms with Crippen LogP contribution in [0.15, 0.2) is 48.5 Å². The van der Waals surface area contributed by atoms with Crippen molar-refractivity contribution in [2.75, 3.05) is 11.4 Å². The van der Waals surface area contributed by atoms with Gasteiger partial charge in [-0.05, 0) is 36.8 Å². The number of benzene rings is 2. The van der Waals surface area contributed by atoms with Gasteiger partial charge in [-0.3, -0.25) is 9.89 Å². The first kappa shape index (κ1) is 13.4. The van der Waals surface area contributed by atoms with Gasteiger partial charge in [0.25, 0.3) is 0 Å². The number of hydrogen-bond acceptors (Lipinski definition) is 2. The second-order valence-electron chi connectivity index (χ2n) is 6.22. The van der Waals surface area contributed by atoms with Gasteiger partial charge < -0.3 is 9.88 Å². The third-order valence-corrected chi connectivity index (χ3v) is 4.72. The van der Waals surface area contributed by atoms with Crippen LogP contribution in [-0.4, -0.2) is 27.6 Å². The molecule has 2 aromatic heterocycles. The highest BCUT2D eigenvalue weighted by atomic mass is 16.2. The molecule has 4 aromatic rings. The van der Waals surface area contributed by atoms with Crippen molar-refractivity contribution < 1.29 is 4.79 Å². The van der Waals surface area contributed by atoms with Gasteiger partial charge in [0.05, 0.1) is 11.2 Å². The second kappa shape index (κ2) is 4.96. The van der Waals surface area contributed by atoms with Crippen molar-refractivity contribution in [3.05, 3.63) is 48.5 Å². The van der Waals surface area contributed by atoms with Crippen molar-refractivity contribution in [2.45, 2.75) is 12.8 Å². The summed E-state index contributed by atoms with van der Waals surface area (Å²) in [6.45, 7) is 0.796. The molecule has 0 spiro atoms. The molecular formula is C19H16N4O. The predicted molar refractivity (Wildman–Crippen MR) is 95.0 cm³/mol. The monoisotopic (exact) mass is 316 g/mol. The molecule has 0 saturated carbocycles. The van der Waals surface area contributed by atoms with Crippen LogP contribution in [0.2, 0.25) is 0 Å². The maximum absolute atomic E-state index is 12.0. The number of carbonyl (C=O) groups is 1. The molecule has 0 unspecified atom stereocenters. The lowest BCUT2D eigenvalue weighted by Crippen LogP contribution is -2.23. The zero-order valence-corrected chi connectivity index (χ0v) is 13.0. The summed E-state index contributed by atoms with van der Waals surface area (Å²) in [5, 5.41) is 9.76. The van der Waals surface area contributed by atoms with Gasteiger partial charge in [-0.1, -0.05) is 18.2 Å². The number of rotatable bonds is 2. The van der Waals surface area contributed by atoms with Gasteiger partial charge in [-0.25, -0.2) is 0 Å². The minimum atomic E-state index is 0.199. The zero-order chi connectivity index (χ0) is 16.1. The number of H-pyrrole nitrogens is 2. The number of hydrogen-bond donors (Lipinski definition) is 2. The van der Waals surface area contributed by atoms with E-state index in [1.165, 1.54) is 0 Å². The summed E-state index contributed by atoms with van der Waals surface area (Å²) >= 11 is 0. The average Bonchev–Trinajstić information content (AvgIpc) is 3.30. The maximum Gasteiger partial charge on any atom is 0.227 e. The molecule has 1 saturated heterocycles. The Morgan fingerprint density at radius 2 is 1.96 bits per heavy atom. The van der Waals surface area contributed by atoms with Crippen molar-refractivity contribution in [1.29, 1.82) is 0 Å². The van der Waals surface area contributed by atoms with E-state index in [1.54, 1.807) is 0 Å². The van der Waals surface area contributed by atoms with Gasteiger partial charge in [0.1, 0.15) is 5.69 Å². The Labute approximate surface area is 138 Å². The molecule has 1 amide bonds. The Hall–Kier alpha value is -3.08. The Morgan fingerprint density at radius 1 is 1.04 bits per heavy atom. The van der Waals surface area contributed by atoms with Gasteiger partial charge >= 0.3 is 0 Å². The molecule has 118 valence electrons. The summed E-state index contributed by atoms with van der Waals surface area (Å²) < 4.78 is 0. The third kappa shape index (κ3) is 1.94. The highest BCUT2D eigenvalue weighted by molar-refractivity contribution is 6.01. The van der Waals surface area contributed by atoms with Gasteiger partial charge in [0.15, 0.2) is 0 Å². The molecule has 24 heavy (non-hydrogen) atoms. The van der Waals surface area contributed by atoms with Crippen LogP contribution in [0.4, 0.5) is 5.69 Å². The van der Waals surface area contributed by atoms with Crippen LogP contribution in [0.3, 0.4) is 0 Å². The number of nitrogens with one attached hydrogen (secondary N) is 2. The molecule has 1 aliphatic rings. The molecule has 0 aliphatic carbocycles. The van der Waals surface area contributed by atoms with E-state index in [4.69, 9.17) is 0 Å². The average molecular weight is 316 g/mol. The Morgan fingerprint density at radius 3 is 2.79 bits per heavy atom. The molecule has 0 bridgehead atoms. The quantitative estimate of drug-likeness (QED) is 0.590. The lowest BCUT2D eigenvalue weighted by Gasteiger charge is -2.15. The second-order valence-corrected chi connectivity index (χ2v) is 6.22. The minimum absolute atomic E-state index is 0.199. The van der Waals surface area contributed by atoms with Crippen molar-refractivity contribution in [3.63, 3.8) is 0 Å². The van der Waals surface area contributed by atoms with Gasteiger partial charge in [-0.15, -0.1) is 0 Å². The molecule has 2 aromatic carbocycles. The standard InChI is InChI=1S/C19H16N4O/c24-18-6-3-9-23(18)13-7-8-16-14(11-13)19(22-21-16)17-10-12-4-1-2-5-15(12)20-17/h1-2,4-5,7-8,10-11,20H,3,6,9H2,(H,21,22). The summed E-state index contributed by atoms with van der Waals surface area (Å²) in [6, 6.07) is 16.3. The number of para-hydroxylation sites is 1. The molecule has 1 aliphatic heterocycles. The van der Waals surface area contributed by atoms with Crippen LogP contribution < -0.4 is 4.90 Å². The first-order chi connectivity index (χ1) is 11.8. The SMILES string of the molecule is O=C1CCCN1c1ccc2[nH]nc(-c3cc4ccccc4[nH]3)c2c1. The number of aromatic amines is 2. The smallest absolute Gasteiger partial charge is 0.227 e. The molecule has 5 nitrogen and oxygen atoms in total. The fraction of sp³-hybridized carbons (Fsp3) is 0.158. The van der Waals surface area contributed by atoms with Crippen LogP contribution in [0.1, 0.15) is 12.8 Å². The molecule has 5 heteroatoms. The van der Waals surface area contributed by atoms with Crippen LogP contribution in [0, 0.1) is 0 Å². The Kier molecular flexibility index (Phi) is 2.76. The largest absolute Gasteiger partial charge is 0.353 e. The predicted octanol–water partition coefficient (Wildman–Crippen LogP) is 3.84. The van der Waals surface area contributed by atoms with Crippen LogP contribution in [-0.2, 0) is 4.79 Å². The van der Waals surface area contributed by atoms with E-state index in [0.717, 1.165) is 51.8 Å². The maximum atomic E-state index is 12.0. The molecule has 2 N–H and O–H groups in total. The van der Waals surface area contributed by atoms with E-state index in [0.29, 0.717) is 6.42 Å². The van der Waals surface area contributed by atoms with E-state index < -0.39 is 0 Å². The number of anilines is 1. The number of nitrogens with zero attached hydrogens (tertiary/aromatic N) is 2. The van der Waals surface area contributed by atoms with Crippen LogP contribution in [0.25, 0.3) is 33.2 Å². The Balaban J connectivity index is 1.66. The highest BCUT2D eigenvalue weighted by Crippen LogP contribution is 2.32. The van der Waals surface area contributed by atoms with Crippen molar-refractivity contribution in [1.82, 2.24) is 15.2 Å². The third-order valence-electron chi connectivity index (χ3n) is 4.72. The summed E-state index contributed by atoms with van der Waals surface area (Å²) in [6.07, 6.45) is 1.56. The van der Waals surface area contributed by atoms with Crippen molar-refractivity contribution >= 4 is 33.4 Å². The lowest BCUT2D eigenvalue weighted by molar-refractivity contribution is -0.117. The topological polar surface area (TPSA) is 64.8 Å². The molecule has 0 atom stereocenters. The number of aromatic nitrogens is 3. The van der Waals surface area contributed by atoms with Crippen molar-refractivity contribution in [2.24, 2.45) is 0 Å². The summed E-state index contributed by atoms with van der Waals surface area (Å²) in [7, 11) is 0. The van der Waals surface area contributed by atoms with E-state index in [-0.39, 0.29) is 5.91 Å². The fourth-order valence-corrected chi connectivity index (χ4v) is 3.50. The number of amides is 1. The van der Waals surface area contributed by atoms with Crippen molar-refractivity contribution in [3.8, 4) is 11.4 Å². The molecule has 3 heterocycles. The summed E-state index contributed by atoms with van der Waals surface area (Å²) in [5.74, 6) is 0.199. The van der Waals surface area contributed by atoms with Gasteiger partial charge in [-0.2, -0.15) is 5.10 Å². The van der Waals surface area contributed by atoms with E-state index in [9.17, 15) is 4.79 Å². The normalized spacial score (nSPS) is 15.0. The first-order valence-electron chi connectivity index (χ1n) is 8.16. The zero-order valence-electron chi connectivity index (χ0n) is 13.0. The molecule has 0 radical (unpaired) electrons. The fourth-order valence-electron chi connectivity index (χ4n) is 3.50. The summed E-state index contributed by atoms with van der Waals surface area (Å²) in [5.41, 5.74) is 4.87. The molecule has 1 fully saturated rings. The highest BCUT2D eigenvalue weighted by Gasteiger charge is 2.22. The number of carbonyl (C=O) groups excluding carboxylic acids is 1. The Bertz CT molecular complexity index is 1040. The molecular weight excluding hydrogens is 300 g/mol. The number of fused-ring (bicyclic) bond motifs is 2. The van der Waals surface area contributed by atoms with E-state index >= 15 is 0 Å². The van der Waals surface area contributed by atoms with E-state index in [1.807, 2.05) is 29.2 Å². The summed E-state index contributed by atoms with van der Waals surface area (Å²) in [4.78, 5) is 17.3. The molecule has 5 rings (SSSR count).